The molecule has 0 aliphatic carbocycles. The fourth-order valence-corrected chi connectivity index (χ4v) is 3.21. The molecule has 1 N–H and O–H groups in total. The molecule has 160 valence electrons. The number of carbonyl (C=O) groups is 2. The fraction of sp³-hybridized carbons (Fsp3) is 0.227. The molecule has 2 aromatic carbocycles. The Morgan fingerprint density at radius 1 is 1.16 bits per heavy atom. The van der Waals surface area contributed by atoms with Crippen LogP contribution in [0, 0.1) is 0 Å². The lowest BCUT2D eigenvalue weighted by atomic mass is 10.2. The second-order valence-electron chi connectivity index (χ2n) is 6.90. The first-order valence-corrected chi connectivity index (χ1v) is 10.0. The van der Waals surface area contributed by atoms with E-state index >= 15 is 0 Å². The molecule has 0 saturated carbocycles. The van der Waals surface area contributed by atoms with Gasteiger partial charge in [-0.1, -0.05) is 41.9 Å². The average Bonchev–Trinajstić information content (AvgIpc) is 3.26. The zero-order valence-electron chi connectivity index (χ0n) is 16.5. The minimum Gasteiger partial charge on any atom is -0.486 e. The maximum absolute atomic E-state index is 12.2. The lowest BCUT2D eigenvalue weighted by molar-refractivity contribution is -0.124. The van der Waals surface area contributed by atoms with Gasteiger partial charge in [0.05, 0.1) is 24.8 Å². The number of rotatable bonds is 7. The molecule has 1 unspecified atom stereocenters. The zero-order chi connectivity index (χ0) is 21.6. The average molecular weight is 442 g/mol. The third-order valence-electron chi connectivity index (χ3n) is 4.59. The van der Waals surface area contributed by atoms with E-state index in [1.807, 2.05) is 36.4 Å². The maximum Gasteiger partial charge on any atom is 0.341 e. The zero-order valence-corrected chi connectivity index (χ0v) is 17.2. The SMILES string of the molecule is O=C(COC(=O)c1cnn(Cc2ccccc2Cl)c1)NCC1COc2ccccc2O1. The molecule has 3 aromatic rings. The van der Waals surface area contributed by atoms with Crippen molar-refractivity contribution in [1.82, 2.24) is 15.1 Å². The van der Waals surface area contributed by atoms with E-state index in [-0.39, 0.29) is 18.2 Å². The van der Waals surface area contributed by atoms with Crippen molar-refractivity contribution in [1.29, 1.82) is 0 Å². The van der Waals surface area contributed by atoms with E-state index in [1.165, 1.54) is 6.20 Å². The van der Waals surface area contributed by atoms with Gasteiger partial charge in [0.25, 0.3) is 5.91 Å². The van der Waals surface area contributed by atoms with Gasteiger partial charge in [-0.2, -0.15) is 5.10 Å². The first-order chi connectivity index (χ1) is 15.1. The van der Waals surface area contributed by atoms with Crippen LogP contribution in [0.3, 0.4) is 0 Å². The minimum atomic E-state index is -0.633. The molecule has 1 aliphatic rings. The Hall–Kier alpha value is -3.52. The Morgan fingerprint density at radius 3 is 2.77 bits per heavy atom. The Kier molecular flexibility index (Phi) is 6.37. The third kappa shape index (κ3) is 5.35. The van der Waals surface area contributed by atoms with Crippen LogP contribution >= 0.6 is 11.6 Å². The summed E-state index contributed by atoms with van der Waals surface area (Å²) >= 11 is 6.14. The molecule has 2 heterocycles. The molecule has 0 saturated heterocycles. The molecule has 0 radical (unpaired) electrons. The van der Waals surface area contributed by atoms with Crippen LogP contribution in [0.15, 0.2) is 60.9 Å². The van der Waals surface area contributed by atoms with Gasteiger partial charge in [-0.15, -0.1) is 0 Å². The Balaban J connectivity index is 1.21. The third-order valence-corrected chi connectivity index (χ3v) is 4.96. The van der Waals surface area contributed by atoms with E-state index in [0.717, 1.165) is 5.56 Å². The van der Waals surface area contributed by atoms with E-state index < -0.39 is 18.5 Å². The lowest BCUT2D eigenvalue weighted by Gasteiger charge is -2.26. The summed E-state index contributed by atoms with van der Waals surface area (Å²) < 4.78 is 18.0. The van der Waals surface area contributed by atoms with Crippen LogP contribution < -0.4 is 14.8 Å². The van der Waals surface area contributed by atoms with Crippen molar-refractivity contribution < 1.29 is 23.8 Å². The van der Waals surface area contributed by atoms with Gasteiger partial charge in [0.1, 0.15) is 12.7 Å². The Morgan fingerprint density at radius 2 is 1.94 bits per heavy atom. The summed E-state index contributed by atoms with van der Waals surface area (Å²) in [6, 6.07) is 14.7. The number of carbonyl (C=O) groups excluding carboxylic acids is 2. The molecular weight excluding hydrogens is 422 g/mol. The van der Waals surface area contributed by atoms with Gasteiger partial charge in [-0.25, -0.2) is 4.79 Å². The number of hydrogen-bond donors (Lipinski definition) is 1. The van der Waals surface area contributed by atoms with Gasteiger partial charge in [0, 0.05) is 11.2 Å². The number of esters is 1. The summed E-state index contributed by atoms with van der Waals surface area (Å²) in [5.41, 5.74) is 1.13. The Labute approximate surface area is 183 Å². The number of amides is 1. The van der Waals surface area contributed by atoms with Crippen LogP contribution in [0.2, 0.25) is 5.02 Å². The molecule has 4 rings (SSSR count). The molecule has 1 aliphatic heterocycles. The lowest BCUT2D eigenvalue weighted by Crippen LogP contribution is -2.42. The largest absolute Gasteiger partial charge is 0.486 e. The highest BCUT2D eigenvalue weighted by molar-refractivity contribution is 6.31. The van der Waals surface area contributed by atoms with Crippen molar-refractivity contribution in [3.63, 3.8) is 0 Å². The predicted octanol–water partition coefficient (Wildman–Crippen LogP) is 2.70. The maximum atomic E-state index is 12.2. The molecule has 1 amide bonds. The van der Waals surface area contributed by atoms with Gasteiger partial charge in [-0.05, 0) is 23.8 Å². The van der Waals surface area contributed by atoms with E-state index in [9.17, 15) is 9.59 Å². The number of nitrogens with one attached hydrogen (secondary N) is 1. The molecule has 0 bridgehead atoms. The van der Waals surface area contributed by atoms with Crippen LogP contribution in [0.5, 0.6) is 11.5 Å². The first-order valence-electron chi connectivity index (χ1n) is 9.66. The van der Waals surface area contributed by atoms with Gasteiger partial charge in [0.2, 0.25) is 0 Å². The molecule has 8 nitrogen and oxygen atoms in total. The fourth-order valence-electron chi connectivity index (χ4n) is 3.01. The van der Waals surface area contributed by atoms with Crippen LogP contribution in [0.25, 0.3) is 0 Å². The molecule has 9 heteroatoms. The second kappa shape index (κ2) is 9.53. The minimum absolute atomic E-state index is 0.237. The predicted molar refractivity (Wildman–Crippen MR) is 112 cm³/mol. The van der Waals surface area contributed by atoms with E-state index in [1.54, 1.807) is 23.0 Å². The summed E-state index contributed by atoms with van der Waals surface area (Å²) in [7, 11) is 0. The number of ether oxygens (including phenoxy) is 3. The molecule has 31 heavy (non-hydrogen) atoms. The Bertz CT molecular complexity index is 1080. The molecule has 0 spiro atoms. The van der Waals surface area contributed by atoms with Gasteiger partial charge < -0.3 is 19.5 Å². The summed E-state index contributed by atoms with van der Waals surface area (Å²) in [6.45, 7) is 0.570. The topological polar surface area (TPSA) is 91.7 Å². The quantitative estimate of drug-likeness (QED) is 0.567. The highest BCUT2D eigenvalue weighted by Crippen LogP contribution is 2.30. The van der Waals surface area contributed by atoms with E-state index in [2.05, 4.69) is 10.4 Å². The van der Waals surface area contributed by atoms with Crippen molar-refractivity contribution in [2.24, 2.45) is 0 Å². The van der Waals surface area contributed by atoms with Crippen LogP contribution in [-0.2, 0) is 16.1 Å². The van der Waals surface area contributed by atoms with Crippen molar-refractivity contribution >= 4 is 23.5 Å². The number of hydrogen-bond acceptors (Lipinski definition) is 6. The number of aromatic nitrogens is 2. The molecular formula is C22H20ClN3O5. The first kappa shape index (κ1) is 20.7. The van der Waals surface area contributed by atoms with Crippen molar-refractivity contribution in [2.75, 3.05) is 19.8 Å². The smallest absolute Gasteiger partial charge is 0.341 e. The van der Waals surface area contributed by atoms with Gasteiger partial charge in [0.15, 0.2) is 18.1 Å². The number of benzene rings is 2. The van der Waals surface area contributed by atoms with Crippen molar-refractivity contribution in [3.05, 3.63) is 77.1 Å². The number of fused-ring (bicyclic) bond motifs is 1. The molecule has 0 fully saturated rings. The van der Waals surface area contributed by atoms with Gasteiger partial charge in [-0.3, -0.25) is 9.48 Å². The van der Waals surface area contributed by atoms with E-state index in [0.29, 0.717) is 29.7 Å². The monoisotopic (exact) mass is 441 g/mol. The van der Waals surface area contributed by atoms with E-state index in [4.69, 9.17) is 25.8 Å². The second-order valence-corrected chi connectivity index (χ2v) is 7.30. The number of para-hydroxylation sites is 2. The molecule has 1 atom stereocenters. The summed E-state index contributed by atoms with van der Waals surface area (Å²) in [4.78, 5) is 24.2. The highest BCUT2D eigenvalue weighted by atomic mass is 35.5. The van der Waals surface area contributed by atoms with Crippen molar-refractivity contribution in [2.45, 2.75) is 12.6 Å². The normalized spacial score (nSPS) is 14.7. The van der Waals surface area contributed by atoms with Crippen LogP contribution in [0.1, 0.15) is 15.9 Å². The number of nitrogens with zero attached hydrogens (tertiary/aromatic N) is 2. The van der Waals surface area contributed by atoms with Crippen LogP contribution in [-0.4, -0.2) is 47.5 Å². The summed E-state index contributed by atoms with van der Waals surface area (Å²) in [5.74, 6) is 0.244. The van der Waals surface area contributed by atoms with Crippen molar-refractivity contribution in [3.8, 4) is 11.5 Å². The van der Waals surface area contributed by atoms with Gasteiger partial charge >= 0.3 is 5.97 Å². The molecule has 1 aromatic heterocycles. The summed E-state index contributed by atoms with van der Waals surface area (Å²) in [5, 5.41) is 7.44. The van der Waals surface area contributed by atoms with Crippen LogP contribution in [0.4, 0.5) is 0 Å². The standard InChI is InChI=1S/C22H20ClN3O5/c23-18-6-2-1-5-15(18)11-26-12-16(9-25-26)22(28)30-14-21(27)24-10-17-13-29-19-7-3-4-8-20(19)31-17/h1-9,12,17H,10-11,13-14H2,(H,24,27). The summed E-state index contributed by atoms with van der Waals surface area (Å²) in [6.07, 6.45) is 2.62. The number of halogens is 1. The highest BCUT2D eigenvalue weighted by Gasteiger charge is 2.21.